The molecule has 3 aromatic rings. The minimum atomic E-state index is 0.000354. The van der Waals surface area contributed by atoms with Crippen LogP contribution in [-0.2, 0) is 12.1 Å². The van der Waals surface area contributed by atoms with E-state index in [2.05, 4.69) is 79.7 Å². The maximum absolute atomic E-state index is 4.74. The Balaban J connectivity index is 1.96. The molecule has 0 spiro atoms. The number of pyridine rings is 1. The second-order valence-electron chi connectivity index (χ2n) is 7.88. The van der Waals surface area contributed by atoms with Gasteiger partial charge >= 0.3 is 0 Å². The van der Waals surface area contributed by atoms with Crippen LogP contribution in [0.15, 0.2) is 36.5 Å². The Morgan fingerprint density at radius 1 is 1.04 bits per heavy atom. The third-order valence-electron chi connectivity index (χ3n) is 5.12. The Kier molecular flexibility index (Phi) is 5.64. The molecule has 0 aliphatic heterocycles. The van der Waals surface area contributed by atoms with Crippen LogP contribution in [0, 0.1) is 0 Å². The zero-order valence-electron chi connectivity index (χ0n) is 16.8. The molecular formula is C22H32N4. The van der Waals surface area contributed by atoms with E-state index in [1.54, 1.807) is 0 Å². The van der Waals surface area contributed by atoms with Crippen LogP contribution in [0.3, 0.4) is 0 Å². The molecule has 0 unspecified atom stereocenters. The number of nitrogens with one attached hydrogen (secondary N) is 1. The first kappa shape index (κ1) is 18.9. The van der Waals surface area contributed by atoms with E-state index in [4.69, 9.17) is 4.98 Å². The van der Waals surface area contributed by atoms with Gasteiger partial charge in [-0.25, -0.2) is 0 Å². The predicted octanol–water partition coefficient (Wildman–Crippen LogP) is 4.38. The molecule has 0 aliphatic rings. The van der Waals surface area contributed by atoms with Crippen molar-refractivity contribution in [2.24, 2.45) is 0 Å². The summed E-state index contributed by atoms with van der Waals surface area (Å²) in [4.78, 5) is 7.17. The fraction of sp³-hybridized carbons (Fsp3) is 0.500. The molecule has 26 heavy (non-hydrogen) atoms. The molecule has 0 saturated carbocycles. The molecule has 0 fully saturated rings. The number of rotatable bonds is 7. The largest absolute Gasteiger partial charge is 0.334 e. The first-order chi connectivity index (χ1) is 12.5. The molecule has 0 radical (unpaired) electrons. The van der Waals surface area contributed by atoms with Crippen LogP contribution in [0.25, 0.3) is 21.8 Å². The van der Waals surface area contributed by atoms with E-state index in [-0.39, 0.29) is 5.54 Å². The molecule has 1 aromatic carbocycles. The molecule has 140 valence electrons. The molecular weight excluding hydrogens is 320 g/mol. The maximum atomic E-state index is 4.74. The first-order valence-corrected chi connectivity index (χ1v) is 9.78. The molecule has 2 aromatic heterocycles. The fourth-order valence-electron chi connectivity index (χ4n) is 3.79. The molecule has 3 rings (SSSR count). The smallest absolute Gasteiger partial charge is 0.0784 e. The summed E-state index contributed by atoms with van der Waals surface area (Å²) < 4.78 is 2.45. The highest BCUT2D eigenvalue weighted by Gasteiger charge is 2.22. The maximum Gasteiger partial charge on any atom is 0.0784 e. The normalized spacial score (nSPS) is 12.5. The minimum absolute atomic E-state index is 0.000354. The summed E-state index contributed by atoms with van der Waals surface area (Å²) in [5, 5.41) is 6.21. The van der Waals surface area contributed by atoms with Crippen molar-refractivity contribution in [3.8, 4) is 0 Å². The van der Waals surface area contributed by atoms with Crippen molar-refractivity contribution in [2.45, 2.75) is 46.7 Å². The van der Waals surface area contributed by atoms with Crippen molar-refractivity contribution >= 4 is 21.8 Å². The molecule has 0 aliphatic carbocycles. The van der Waals surface area contributed by atoms with Crippen molar-refractivity contribution in [3.05, 3.63) is 42.2 Å². The summed E-state index contributed by atoms with van der Waals surface area (Å²) in [6, 6.07) is 10.8. The number of aromatic nitrogens is 2. The SMILES string of the molecule is CCN(CC)CCNCc1nccc2c3ccccc3n(C(C)(C)C)c12. The van der Waals surface area contributed by atoms with E-state index in [9.17, 15) is 0 Å². The van der Waals surface area contributed by atoms with Gasteiger partial charge in [0.05, 0.1) is 11.2 Å². The highest BCUT2D eigenvalue weighted by Crippen LogP contribution is 2.34. The lowest BCUT2D eigenvalue weighted by atomic mass is 10.1. The van der Waals surface area contributed by atoms with Gasteiger partial charge in [-0.3, -0.25) is 4.98 Å². The molecule has 2 heterocycles. The van der Waals surface area contributed by atoms with E-state index in [0.29, 0.717) is 0 Å². The van der Waals surface area contributed by atoms with E-state index in [1.807, 2.05) is 6.20 Å². The Bertz CT molecular complexity index is 869. The average Bonchev–Trinajstić information content (AvgIpc) is 2.97. The highest BCUT2D eigenvalue weighted by atomic mass is 15.1. The van der Waals surface area contributed by atoms with Crippen molar-refractivity contribution in [3.63, 3.8) is 0 Å². The van der Waals surface area contributed by atoms with Crippen molar-refractivity contribution < 1.29 is 0 Å². The van der Waals surface area contributed by atoms with Gasteiger partial charge in [-0.15, -0.1) is 0 Å². The molecule has 4 nitrogen and oxygen atoms in total. The van der Waals surface area contributed by atoms with Crippen LogP contribution in [0.4, 0.5) is 0 Å². The highest BCUT2D eigenvalue weighted by molar-refractivity contribution is 6.08. The van der Waals surface area contributed by atoms with Crippen LogP contribution in [0.2, 0.25) is 0 Å². The Labute approximate surface area is 157 Å². The standard InChI is InChI=1S/C22H32N4/c1-6-25(7-2)15-14-23-16-19-21-18(12-13-24-19)17-10-8-9-11-20(17)26(21)22(3,4)5/h8-13,23H,6-7,14-16H2,1-5H3. The van der Waals surface area contributed by atoms with Gasteiger partial charge in [0.25, 0.3) is 0 Å². The zero-order valence-corrected chi connectivity index (χ0v) is 16.8. The molecule has 1 N–H and O–H groups in total. The van der Waals surface area contributed by atoms with Crippen LogP contribution < -0.4 is 5.32 Å². The Hall–Kier alpha value is -1.91. The van der Waals surface area contributed by atoms with Crippen LogP contribution in [0.1, 0.15) is 40.3 Å². The van der Waals surface area contributed by atoms with Gasteiger partial charge in [0.1, 0.15) is 0 Å². The number of hydrogen-bond donors (Lipinski definition) is 1. The Morgan fingerprint density at radius 3 is 2.46 bits per heavy atom. The van der Waals surface area contributed by atoms with E-state index < -0.39 is 0 Å². The average molecular weight is 353 g/mol. The lowest BCUT2D eigenvalue weighted by Crippen LogP contribution is -2.32. The summed E-state index contributed by atoms with van der Waals surface area (Å²) >= 11 is 0. The summed E-state index contributed by atoms with van der Waals surface area (Å²) in [5.41, 5.74) is 3.68. The molecule has 0 amide bonds. The predicted molar refractivity (Wildman–Crippen MR) is 112 cm³/mol. The summed E-state index contributed by atoms with van der Waals surface area (Å²) in [6.45, 7) is 16.3. The minimum Gasteiger partial charge on any atom is -0.334 e. The van der Waals surface area contributed by atoms with E-state index in [1.165, 1.54) is 21.8 Å². The van der Waals surface area contributed by atoms with Crippen molar-refractivity contribution in [1.82, 2.24) is 19.8 Å². The molecule has 0 atom stereocenters. The van der Waals surface area contributed by atoms with Crippen molar-refractivity contribution in [1.29, 1.82) is 0 Å². The number of benzene rings is 1. The second kappa shape index (κ2) is 7.77. The van der Waals surface area contributed by atoms with Gasteiger partial charge in [-0.05, 0) is 46.0 Å². The summed E-state index contributed by atoms with van der Waals surface area (Å²) in [6.07, 6.45) is 1.95. The van der Waals surface area contributed by atoms with Gasteiger partial charge in [-0.1, -0.05) is 32.0 Å². The van der Waals surface area contributed by atoms with Gasteiger partial charge in [0, 0.05) is 47.7 Å². The second-order valence-corrected chi connectivity index (χ2v) is 7.88. The monoisotopic (exact) mass is 352 g/mol. The Morgan fingerprint density at radius 2 is 1.77 bits per heavy atom. The van der Waals surface area contributed by atoms with Crippen LogP contribution >= 0.6 is 0 Å². The number of para-hydroxylation sites is 1. The molecule has 4 heteroatoms. The third kappa shape index (κ3) is 3.62. The van der Waals surface area contributed by atoms with Gasteiger partial charge in [0.15, 0.2) is 0 Å². The van der Waals surface area contributed by atoms with Crippen LogP contribution in [-0.4, -0.2) is 40.6 Å². The van der Waals surface area contributed by atoms with Crippen molar-refractivity contribution in [2.75, 3.05) is 26.2 Å². The lowest BCUT2D eigenvalue weighted by Gasteiger charge is -2.25. The number of fused-ring (bicyclic) bond motifs is 3. The topological polar surface area (TPSA) is 33.1 Å². The van der Waals surface area contributed by atoms with Crippen LogP contribution in [0.5, 0.6) is 0 Å². The van der Waals surface area contributed by atoms with Gasteiger partial charge in [-0.2, -0.15) is 0 Å². The summed E-state index contributed by atoms with van der Waals surface area (Å²) in [5.74, 6) is 0. The zero-order chi connectivity index (χ0) is 18.7. The number of hydrogen-bond acceptors (Lipinski definition) is 3. The lowest BCUT2D eigenvalue weighted by molar-refractivity contribution is 0.302. The van der Waals surface area contributed by atoms with Gasteiger partial charge < -0.3 is 14.8 Å². The number of likely N-dealkylation sites (N-methyl/N-ethyl adjacent to an activating group) is 1. The molecule has 0 saturated heterocycles. The molecule has 0 bridgehead atoms. The summed E-state index contributed by atoms with van der Waals surface area (Å²) in [7, 11) is 0. The van der Waals surface area contributed by atoms with Gasteiger partial charge in [0.2, 0.25) is 0 Å². The third-order valence-corrected chi connectivity index (χ3v) is 5.12. The van der Waals surface area contributed by atoms with E-state index in [0.717, 1.165) is 38.4 Å². The van der Waals surface area contributed by atoms with E-state index >= 15 is 0 Å². The quantitative estimate of drug-likeness (QED) is 0.641. The number of nitrogens with zero attached hydrogens (tertiary/aromatic N) is 3. The first-order valence-electron chi connectivity index (χ1n) is 9.78. The fourth-order valence-corrected chi connectivity index (χ4v) is 3.79.